The molecule has 0 aromatic heterocycles. The van der Waals surface area contributed by atoms with Gasteiger partial charge in [-0.25, -0.2) is 0 Å². The van der Waals surface area contributed by atoms with Gasteiger partial charge in [-0.2, -0.15) is 0 Å². The highest BCUT2D eigenvalue weighted by Crippen LogP contribution is 2.34. The van der Waals surface area contributed by atoms with Crippen molar-refractivity contribution in [2.45, 2.75) is 33.2 Å². The molecule has 0 amide bonds. The predicted molar refractivity (Wildman–Crippen MR) is 65.1 cm³/mol. The van der Waals surface area contributed by atoms with Gasteiger partial charge in [0, 0.05) is 17.8 Å². The molecule has 1 aliphatic rings. The lowest BCUT2D eigenvalue weighted by molar-refractivity contribution is 0.174. The number of fused-ring (bicyclic) bond motifs is 1. The number of nitrogens with one attached hydrogen (secondary N) is 1. The Bertz CT molecular complexity index is 363. The smallest absolute Gasteiger partial charge is 0.231 e. The number of hydrogen-bond acceptors (Lipinski definition) is 3. The Morgan fingerprint density at radius 3 is 2.69 bits per heavy atom. The van der Waals surface area contributed by atoms with Crippen molar-refractivity contribution in [3.63, 3.8) is 0 Å². The van der Waals surface area contributed by atoms with Gasteiger partial charge < -0.3 is 14.8 Å². The fourth-order valence-electron chi connectivity index (χ4n) is 1.94. The average Bonchev–Trinajstić information content (AvgIpc) is 2.72. The summed E-state index contributed by atoms with van der Waals surface area (Å²) in [5, 5.41) is 3.52. The van der Waals surface area contributed by atoms with Gasteiger partial charge in [0.1, 0.15) is 0 Å². The summed E-state index contributed by atoms with van der Waals surface area (Å²) in [5.74, 6) is 2.29. The molecule has 1 unspecified atom stereocenters. The van der Waals surface area contributed by atoms with Crippen molar-refractivity contribution in [2.75, 3.05) is 12.1 Å². The topological polar surface area (TPSA) is 30.5 Å². The summed E-state index contributed by atoms with van der Waals surface area (Å²) < 4.78 is 10.6. The summed E-state index contributed by atoms with van der Waals surface area (Å²) in [6.07, 6.45) is 1.12. The zero-order valence-corrected chi connectivity index (χ0v) is 10.1. The van der Waals surface area contributed by atoms with E-state index in [1.807, 2.05) is 18.2 Å². The lowest BCUT2D eigenvalue weighted by Gasteiger charge is -2.22. The maximum absolute atomic E-state index is 5.35. The molecule has 0 saturated heterocycles. The summed E-state index contributed by atoms with van der Waals surface area (Å²) in [6.45, 7) is 6.99. The van der Waals surface area contributed by atoms with Crippen molar-refractivity contribution >= 4 is 5.69 Å². The molecule has 1 N–H and O–H groups in total. The fourth-order valence-corrected chi connectivity index (χ4v) is 1.94. The molecule has 0 spiro atoms. The second kappa shape index (κ2) is 4.64. The minimum atomic E-state index is 0.334. The molecule has 1 aromatic rings. The van der Waals surface area contributed by atoms with E-state index in [1.54, 1.807) is 0 Å². The fraction of sp³-hybridized carbons (Fsp3) is 0.538. The monoisotopic (exact) mass is 221 g/mol. The van der Waals surface area contributed by atoms with Crippen LogP contribution in [-0.2, 0) is 0 Å². The second-order valence-corrected chi connectivity index (χ2v) is 4.47. The normalized spacial score (nSPS) is 15.2. The lowest BCUT2D eigenvalue weighted by Crippen LogP contribution is -2.24. The van der Waals surface area contributed by atoms with Gasteiger partial charge in [0.25, 0.3) is 0 Å². The first kappa shape index (κ1) is 11.1. The number of ether oxygens (including phenoxy) is 2. The van der Waals surface area contributed by atoms with Crippen LogP contribution in [0.25, 0.3) is 0 Å². The molecule has 0 bridgehead atoms. The van der Waals surface area contributed by atoms with Crippen LogP contribution in [0.4, 0.5) is 5.69 Å². The SMILES string of the molecule is CCC(Nc1ccc2c(c1)OCO2)C(C)C. The van der Waals surface area contributed by atoms with Crippen LogP contribution >= 0.6 is 0 Å². The van der Waals surface area contributed by atoms with Gasteiger partial charge in [-0.15, -0.1) is 0 Å². The van der Waals surface area contributed by atoms with Gasteiger partial charge >= 0.3 is 0 Å². The molecular formula is C13H19NO2. The Labute approximate surface area is 96.8 Å². The largest absolute Gasteiger partial charge is 0.454 e. The second-order valence-electron chi connectivity index (χ2n) is 4.47. The Morgan fingerprint density at radius 1 is 1.25 bits per heavy atom. The highest BCUT2D eigenvalue weighted by Gasteiger charge is 2.15. The summed E-state index contributed by atoms with van der Waals surface area (Å²) in [7, 11) is 0. The highest BCUT2D eigenvalue weighted by molar-refractivity contribution is 5.56. The van der Waals surface area contributed by atoms with Crippen LogP contribution in [0.2, 0.25) is 0 Å². The third kappa shape index (κ3) is 2.23. The summed E-state index contributed by atoms with van der Waals surface area (Å²) in [5.41, 5.74) is 1.10. The van der Waals surface area contributed by atoms with Gasteiger partial charge in [0.2, 0.25) is 6.79 Å². The summed E-state index contributed by atoms with van der Waals surface area (Å²) in [6, 6.07) is 6.50. The van der Waals surface area contributed by atoms with E-state index in [1.165, 1.54) is 0 Å². The zero-order valence-electron chi connectivity index (χ0n) is 10.1. The summed E-state index contributed by atoms with van der Waals surface area (Å²) in [4.78, 5) is 0. The standard InChI is InChI=1S/C13H19NO2/c1-4-11(9(2)3)14-10-5-6-12-13(7-10)16-8-15-12/h5-7,9,11,14H,4,8H2,1-3H3. The van der Waals surface area contributed by atoms with Gasteiger partial charge in [-0.1, -0.05) is 20.8 Å². The van der Waals surface area contributed by atoms with Crippen molar-refractivity contribution in [3.8, 4) is 11.5 Å². The van der Waals surface area contributed by atoms with E-state index in [4.69, 9.17) is 9.47 Å². The van der Waals surface area contributed by atoms with Crippen LogP contribution in [0, 0.1) is 5.92 Å². The molecule has 88 valence electrons. The Kier molecular flexibility index (Phi) is 3.22. The minimum absolute atomic E-state index is 0.334. The summed E-state index contributed by atoms with van der Waals surface area (Å²) >= 11 is 0. The van der Waals surface area contributed by atoms with E-state index < -0.39 is 0 Å². The Morgan fingerprint density at radius 2 is 2.00 bits per heavy atom. The van der Waals surface area contributed by atoms with Gasteiger partial charge in [0.05, 0.1) is 0 Å². The minimum Gasteiger partial charge on any atom is -0.454 e. The molecular weight excluding hydrogens is 202 g/mol. The van der Waals surface area contributed by atoms with E-state index in [2.05, 4.69) is 26.1 Å². The van der Waals surface area contributed by atoms with Crippen molar-refractivity contribution in [1.29, 1.82) is 0 Å². The number of rotatable bonds is 4. The lowest BCUT2D eigenvalue weighted by atomic mass is 10.0. The third-order valence-electron chi connectivity index (χ3n) is 2.97. The van der Waals surface area contributed by atoms with Crippen molar-refractivity contribution in [3.05, 3.63) is 18.2 Å². The number of anilines is 1. The van der Waals surface area contributed by atoms with Gasteiger partial charge in [-0.05, 0) is 24.5 Å². The molecule has 16 heavy (non-hydrogen) atoms. The first-order valence-electron chi connectivity index (χ1n) is 5.87. The quantitative estimate of drug-likeness (QED) is 0.846. The van der Waals surface area contributed by atoms with E-state index >= 15 is 0 Å². The highest BCUT2D eigenvalue weighted by atomic mass is 16.7. The molecule has 1 aromatic carbocycles. The first-order chi connectivity index (χ1) is 7.70. The van der Waals surface area contributed by atoms with E-state index in [9.17, 15) is 0 Å². The van der Waals surface area contributed by atoms with E-state index in [0.717, 1.165) is 23.6 Å². The van der Waals surface area contributed by atoms with Crippen LogP contribution in [-0.4, -0.2) is 12.8 Å². The van der Waals surface area contributed by atoms with Crippen LogP contribution in [0.15, 0.2) is 18.2 Å². The molecule has 3 heteroatoms. The first-order valence-corrected chi connectivity index (χ1v) is 5.87. The average molecular weight is 221 g/mol. The molecule has 0 aliphatic carbocycles. The molecule has 3 nitrogen and oxygen atoms in total. The molecule has 1 heterocycles. The van der Waals surface area contributed by atoms with Gasteiger partial charge in [0.15, 0.2) is 11.5 Å². The van der Waals surface area contributed by atoms with Crippen LogP contribution in [0.5, 0.6) is 11.5 Å². The number of hydrogen-bond donors (Lipinski definition) is 1. The molecule has 0 fully saturated rings. The van der Waals surface area contributed by atoms with E-state index in [0.29, 0.717) is 18.8 Å². The van der Waals surface area contributed by atoms with Crippen molar-refractivity contribution < 1.29 is 9.47 Å². The van der Waals surface area contributed by atoms with Crippen LogP contribution < -0.4 is 14.8 Å². The predicted octanol–water partition coefficient (Wildman–Crippen LogP) is 3.26. The maximum Gasteiger partial charge on any atom is 0.231 e. The van der Waals surface area contributed by atoms with Crippen molar-refractivity contribution in [1.82, 2.24) is 0 Å². The Balaban J connectivity index is 2.10. The molecule has 1 atom stereocenters. The van der Waals surface area contributed by atoms with Crippen LogP contribution in [0.1, 0.15) is 27.2 Å². The molecule has 2 rings (SSSR count). The molecule has 0 saturated carbocycles. The van der Waals surface area contributed by atoms with Crippen LogP contribution in [0.3, 0.4) is 0 Å². The van der Waals surface area contributed by atoms with E-state index in [-0.39, 0.29) is 0 Å². The Hall–Kier alpha value is -1.38. The maximum atomic E-state index is 5.35. The molecule has 0 radical (unpaired) electrons. The van der Waals surface area contributed by atoms with Crippen molar-refractivity contribution in [2.24, 2.45) is 5.92 Å². The van der Waals surface area contributed by atoms with Gasteiger partial charge in [-0.3, -0.25) is 0 Å². The third-order valence-corrected chi connectivity index (χ3v) is 2.97. The number of benzene rings is 1. The zero-order chi connectivity index (χ0) is 11.5. The molecule has 1 aliphatic heterocycles.